The number of sulfonamides is 2. The van der Waals surface area contributed by atoms with Crippen LogP contribution < -0.4 is 28.7 Å². The van der Waals surface area contributed by atoms with Crippen LogP contribution in [0.25, 0.3) is 22.5 Å². The first-order valence-electron chi connectivity index (χ1n) is 19.4. The second kappa shape index (κ2) is 19.7. The number of aromatic nitrogens is 2. The van der Waals surface area contributed by atoms with Crippen molar-refractivity contribution in [2.75, 3.05) is 90.6 Å². The van der Waals surface area contributed by atoms with Gasteiger partial charge in [0.15, 0.2) is 21.8 Å². The number of hydrogen-bond acceptors (Lipinski definition) is 14. The lowest BCUT2D eigenvalue weighted by molar-refractivity contribution is 0.355. The third-order valence-corrected chi connectivity index (χ3v) is 16.0. The van der Waals surface area contributed by atoms with Gasteiger partial charge in [0.2, 0.25) is 20.0 Å². The Balaban J connectivity index is 0.000000191. The number of halogens is 4. The molecule has 340 valence electrons. The Hall–Kier alpha value is -5.52. The number of hydrogen-bond donors (Lipinski definition) is 0. The summed E-state index contributed by atoms with van der Waals surface area (Å²) in [6.45, 7) is 2.28. The van der Waals surface area contributed by atoms with E-state index in [1.54, 1.807) is 34.5 Å². The molecule has 0 spiro atoms. The predicted octanol–water partition coefficient (Wildman–Crippen LogP) is 7.23. The summed E-state index contributed by atoms with van der Waals surface area (Å²) < 4.78 is 129. The molecule has 0 radical (unpaired) electrons. The SMILES string of the molecule is COc1cc(OC)cc(-c2csc(N3CCN(S(=O)(=O)c4ccc(F)cc4F)CC3)n2)c1.COc1ccc(-c2csc(N3CCN(S(=O)(=O)c4ccc(F)cc4F)CC3)n2)cc1OC. The molecule has 8 rings (SSSR count). The van der Waals surface area contributed by atoms with Gasteiger partial charge in [0, 0.05) is 92.4 Å². The van der Waals surface area contributed by atoms with Gasteiger partial charge >= 0.3 is 0 Å². The monoisotopic (exact) mass is 962 g/mol. The second-order valence-electron chi connectivity index (χ2n) is 14.1. The van der Waals surface area contributed by atoms with Gasteiger partial charge in [0.1, 0.15) is 44.6 Å². The molecule has 4 heterocycles. The van der Waals surface area contributed by atoms with E-state index in [9.17, 15) is 34.4 Å². The van der Waals surface area contributed by atoms with Crippen LogP contribution in [0.2, 0.25) is 0 Å². The largest absolute Gasteiger partial charge is 0.497 e. The maximum Gasteiger partial charge on any atom is 0.246 e. The van der Waals surface area contributed by atoms with Crippen molar-refractivity contribution in [2.45, 2.75) is 9.79 Å². The van der Waals surface area contributed by atoms with Crippen LogP contribution in [0.3, 0.4) is 0 Å². The van der Waals surface area contributed by atoms with Gasteiger partial charge in [-0.15, -0.1) is 22.7 Å². The number of piperazine rings is 2. The van der Waals surface area contributed by atoms with Crippen molar-refractivity contribution in [3.05, 3.63) is 107 Å². The number of nitrogens with zero attached hydrogens (tertiary/aromatic N) is 6. The van der Waals surface area contributed by atoms with E-state index in [2.05, 4.69) is 9.97 Å². The highest BCUT2D eigenvalue weighted by molar-refractivity contribution is 7.89. The molecule has 64 heavy (non-hydrogen) atoms. The molecule has 0 N–H and O–H groups in total. The van der Waals surface area contributed by atoms with Crippen LogP contribution in [0.15, 0.2) is 93.3 Å². The number of rotatable bonds is 12. The first-order chi connectivity index (χ1) is 30.6. The number of ether oxygens (including phenoxy) is 4. The molecule has 0 atom stereocenters. The lowest BCUT2D eigenvalue weighted by Gasteiger charge is -2.33. The van der Waals surface area contributed by atoms with Crippen LogP contribution in [-0.4, -0.2) is 116 Å². The average Bonchev–Trinajstić information content (AvgIpc) is 4.01. The van der Waals surface area contributed by atoms with Crippen molar-refractivity contribution in [1.29, 1.82) is 0 Å². The van der Waals surface area contributed by atoms with Gasteiger partial charge in [-0.1, -0.05) is 0 Å². The first-order valence-corrected chi connectivity index (χ1v) is 24.1. The van der Waals surface area contributed by atoms with E-state index < -0.39 is 53.1 Å². The zero-order valence-electron chi connectivity index (χ0n) is 34.8. The summed E-state index contributed by atoms with van der Waals surface area (Å²) in [5.74, 6) is -1.29. The molecule has 0 bridgehead atoms. The Morgan fingerprint density at radius 1 is 0.500 bits per heavy atom. The highest BCUT2D eigenvalue weighted by atomic mass is 32.2. The normalized spacial score (nSPS) is 15.1. The summed E-state index contributed by atoms with van der Waals surface area (Å²) in [4.78, 5) is 12.3. The smallest absolute Gasteiger partial charge is 0.246 e. The molecule has 22 heteroatoms. The summed E-state index contributed by atoms with van der Waals surface area (Å²) in [7, 11) is -1.79. The Labute approximate surface area is 375 Å². The minimum Gasteiger partial charge on any atom is -0.497 e. The number of methoxy groups -OCH3 is 4. The topological polar surface area (TPSA) is 144 Å². The van der Waals surface area contributed by atoms with Crippen LogP contribution >= 0.6 is 22.7 Å². The molecule has 0 unspecified atom stereocenters. The van der Waals surface area contributed by atoms with Crippen molar-refractivity contribution in [3.8, 4) is 45.5 Å². The van der Waals surface area contributed by atoms with Gasteiger partial charge in [-0.05, 0) is 54.6 Å². The molecule has 6 aromatic rings. The third-order valence-electron chi connectivity index (χ3n) is 10.4. The molecule has 0 saturated carbocycles. The van der Waals surface area contributed by atoms with Crippen molar-refractivity contribution >= 4 is 53.0 Å². The molecule has 2 fully saturated rings. The molecule has 4 aromatic carbocycles. The van der Waals surface area contributed by atoms with Gasteiger partial charge in [0.25, 0.3) is 0 Å². The quantitative estimate of drug-likeness (QED) is 0.114. The molecular formula is C42H42F4N6O8S4. The Morgan fingerprint density at radius 2 is 0.938 bits per heavy atom. The number of thiazole rings is 2. The summed E-state index contributed by atoms with van der Waals surface area (Å²) in [5.41, 5.74) is 3.25. The van der Waals surface area contributed by atoms with Crippen LogP contribution in [0.4, 0.5) is 27.8 Å². The van der Waals surface area contributed by atoms with Gasteiger partial charge in [-0.2, -0.15) is 8.61 Å². The average molecular weight is 963 g/mol. The molecule has 0 amide bonds. The molecule has 2 aromatic heterocycles. The van der Waals surface area contributed by atoms with Gasteiger partial charge in [-0.3, -0.25) is 0 Å². The lowest BCUT2D eigenvalue weighted by atomic mass is 10.1. The zero-order valence-corrected chi connectivity index (χ0v) is 38.1. The molecule has 0 aliphatic carbocycles. The Bertz CT molecular complexity index is 2810. The standard InChI is InChI=1S/2C21H21F2N3O4S2/c1-29-18-5-3-14(11-19(18)30-2)17-13-31-21(24-17)25-7-9-26(10-8-25)32(27,28)20-6-4-15(22)12-16(20)23;1-29-16-9-14(10-17(12-16)30-2)19-13-31-21(24-19)25-5-7-26(8-6-25)32(27,28)20-4-3-15(22)11-18(20)23/h3-6,11-13H,7-10H2,1-2H3;3-4,9-13H,5-8H2,1-2H3. The van der Waals surface area contributed by atoms with Crippen molar-refractivity contribution in [3.63, 3.8) is 0 Å². The molecule has 2 aliphatic rings. The van der Waals surface area contributed by atoms with E-state index in [1.807, 2.05) is 50.9 Å². The van der Waals surface area contributed by atoms with Crippen molar-refractivity contribution in [1.82, 2.24) is 18.6 Å². The highest BCUT2D eigenvalue weighted by Gasteiger charge is 2.33. The minimum absolute atomic E-state index is 0.168. The fraction of sp³-hybridized carbons (Fsp3) is 0.286. The maximum atomic E-state index is 14.0. The molecule has 2 aliphatic heterocycles. The molecular weight excluding hydrogens is 921 g/mol. The van der Waals surface area contributed by atoms with Gasteiger partial charge < -0.3 is 28.7 Å². The first kappa shape index (κ1) is 46.5. The zero-order chi connectivity index (χ0) is 45.8. The highest BCUT2D eigenvalue weighted by Crippen LogP contribution is 2.36. The number of anilines is 2. The van der Waals surface area contributed by atoms with E-state index in [4.69, 9.17) is 18.9 Å². The summed E-state index contributed by atoms with van der Waals surface area (Å²) in [6.07, 6.45) is 0. The number of benzene rings is 4. The second-order valence-corrected chi connectivity index (χ2v) is 19.6. The minimum atomic E-state index is -4.05. The maximum absolute atomic E-state index is 14.0. The third kappa shape index (κ3) is 10.1. The van der Waals surface area contributed by atoms with E-state index in [-0.39, 0.29) is 26.2 Å². The van der Waals surface area contributed by atoms with E-state index in [0.29, 0.717) is 61.3 Å². The Kier molecular flexibility index (Phi) is 14.3. The molecule has 14 nitrogen and oxygen atoms in total. The fourth-order valence-corrected chi connectivity index (χ4v) is 11.6. The summed E-state index contributed by atoms with van der Waals surface area (Å²) in [5, 5.41) is 5.36. The predicted molar refractivity (Wildman–Crippen MR) is 236 cm³/mol. The Morgan fingerprint density at radius 3 is 1.34 bits per heavy atom. The van der Waals surface area contributed by atoms with Gasteiger partial charge in [-0.25, -0.2) is 44.4 Å². The van der Waals surface area contributed by atoms with E-state index in [1.165, 1.54) is 31.3 Å². The van der Waals surface area contributed by atoms with Crippen molar-refractivity contribution in [2.24, 2.45) is 0 Å². The summed E-state index contributed by atoms with van der Waals surface area (Å²) in [6, 6.07) is 16.0. The van der Waals surface area contributed by atoms with Crippen molar-refractivity contribution < 1.29 is 53.3 Å². The van der Waals surface area contributed by atoms with Gasteiger partial charge in [0.05, 0.1) is 39.8 Å². The van der Waals surface area contributed by atoms with E-state index in [0.717, 1.165) is 57.0 Å². The fourth-order valence-electron chi connectivity index (χ4n) is 6.92. The summed E-state index contributed by atoms with van der Waals surface area (Å²) >= 11 is 2.91. The van der Waals surface area contributed by atoms with E-state index >= 15 is 0 Å². The van der Waals surface area contributed by atoms with Crippen LogP contribution in [0.1, 0.15) is 0 Å². The van der Waals surface area contributed by atoms with Crippen LogP contribution in [-0.2, 0) is 20.0 Å². The van der Waals surface area contributed by atoms with Crippen LogP contribution in [0, 0.1) is 23.3 Å². The lowest BCUT2D eigenvalue weighted by Crippen LogP contribution is -2.48. The van der Waals surface area contributed by atoms with Crippen LogP contribution in [0.5, 0.6) is 23.0 Å². The molecule has 2 saturated heterocycles.